The SMILES string of the molecule is CNc1nc(-n2cc(C(F)(F)F)cn2)c2cn[nH]c2n1. The van der Waals surface area contributed by atoms with E-state index in [0.717, 1.165) is 17.1 Å². The molecule has 0 unspecified atom stereocenters. The van der Waals surface area contributed by atoms with E-state index in [1.165, 1.54) is 6.20 Å². The highest BCUT2D eigenvalue weighted by molar-refractivity contribution is 5.82. The molecule has 0 saturated heterocycles. The van der Waals surface area contributed by atoms with E-state index in [1.54, 1.807) is 7.05 Å². The van der Waals surface area contributed by atoms with Crippen LogP contribution in [0.5, 0.6) is 0 Å². The van der Waals surface area contributed by atoms with Gasteiger partial charge in [0.1, 0.15) is 0 Å². The molecular weight excluding hydrogens is 275 g/mol. The van der Waals surface area contributed by atoms with Crippen LogP contribution in [0.4, 0.5) is 19.1 Å². The predicted octanol–water partition coefficient (Wildman–Crippen LogP) is 1.60. The quantitative estimate of drug-likeness (QED) is 0.746. The van der Waals surface area contributed by atoms with Gasteiger partial charge in [0.2, 0.25) is 5.95 Å². The maximum absolute atomic E-state index is 12.6. The van der Waals surface area contributed by atoms with E-state index < -0.39 is 11.7 Å². The van der Waals surface area contributed by atoms with Crippen molar-refractivity contribution in [1.29, 1.82) is 0 Å². The van der Waals surface area contributed by atoms with Gasteiger partial charge in [-0.3, -0.25) is 5.10 Å². The molecule has 0 aliphatic heterocycles. The van der Waals surface area contributed by atoms with Gasteiger partial charge < -0.3 is 5.32 Å². The Kier molecular flexibility index (Phi) is 2.59. The number of anilines is 1. The third-order valence-electron chi connectivity index (χ3n) is 2.64. The molecule has 3 aromatic heterocycles. The molecule has 0 bridgehead atoms. The van der Waals surface area contributed by atoms with Crippen LogP contribution in [0.15, 0.2) is 18.6 Å². The van der Waals surface area contributed by atoms with Crippen LogP contribution in [0.1, 0.15) is 5.56 Å². The number of rotatable bonds is 2. The Labute approximate surface area is 109 Å². The van der Waals surface area contributed by atoms with Crippen molar-refractivity contribution in [3.8, 4) is 5.82 Å². The molecule has 20 heavy (non-hydrogen) atoms. The van der Waals surface area contributed by atoms with Gasteiger partial charge >= 0.3 is 6.18 Å². The van der Waals surface area contributed by atoms with Crippen LogP contribution < -0.4 is 5.32 Å². The Morgan fingerprint density at radius 1 is 1.25 bits per heavy atom. The van der Waals surface area contributed by atoms with E-state index in [2.05, 4.69) is 30.6 Å². The lowest BCUT2D eigenvalue weighted by Gasteiger charge is -2.05. The number of halogens is 3. The summed E-state index contributed by atoms with van der Waals surface area (Å²) in [7, 11) is 1.60. The van der Waals surface area contributed by atoms with Crippen LogP contribution in [0, 0.1) is 0 Å². The van der Waals surface area contributed by atoms with Crippen molar-refractivity contribution in [1.82, 2.24) is 29.9 Å². The van der Waals surface area contributed by atoms with E-state index in [0.29, 0.717) is 11.0 Å². The molecular formula is C10H8F3N7. The van der Waals surface area contributed by atoms with E-state index in [4.69, 9.17) is 0 Å². The summed E-state index contributed by atoms with van der Waals surface area (Å²) in [6, 6.07) is 0. The molecule has 0 aliphatic carbocycles. The maximum Gasteiger partial charge on any atom is 0.419 e. The zero-order valence-corrected chi connectivity index (χ0v) is 10.1. The van der Waals surface area contributed by atoms with E-state index in [-0.39, 0.29) is 11.8 Å². The second-order valence-corrected chi connectivity index (χ2v) is 3.92. The summed E-state index contributed by atoms with van der Waals surface area (Å²) >= 11 is 0. The van der Waals surface area contributed by atoms with Crippen LogP contribution in [0.25, 0.3) is 16.9 Å². The average Bonchev–Trinajstić information content (AvgIpc) is 3.05. The molecule has 0 spiro atoms. The largest absolute Gasteiger partial charge is 0.419 e. The number of alkyl halides is 3. The van der Waals surface area contributed by atoms with Crippen LogP contribution in [0.2, 0.25) is 0 Å². The second kappa shape index (κ2) is 4.18. The fourth-order valence-corrected chi connectivity index (χ4v) is 1.69. The third kappa shape index (κ3) is 1.94. The van der Waals surface area contributed by atoms with Crippen molar-refractivity contribution < 1.29 is 13.2 Å². The van der Waals surface area contributed by atoms with Crippen LogP contribution in [0.3, 0.4) is 0 Å². The average molecular weight is 283 g/mol. The van der Waals surface area contributed by atoms with Crippen LogP contribution >= 0.6 is 0 Å². The number of aromatic amines is 1. The van der Waals surface area contributed by atoms with Gasteiger partial charge in [0.05, 0.1) is 23.3 Å². The summed E-state index contributed by atoms with van der Waals surface area (Å²) in [5.74, 6) is 0.462. The third-order valence-corrected chi connectivity index (χ3v) is 2.64. The molecule has 0 aliphatic rings. The Morgan fingerprint density at radius 2 is 2.05 bits per heavy atom. The van der Waals surface area contributed by atoms with Gasteiger partial charge in [-0.2, -0.15) is 33.3 Å². The second-order valence-electron chi connectivity index (χ2n) is 3.92. The number of H-pyrrole nitrogens is 1. The summed E-state index contributed by atoms with van der Waals surface area (Å²) in [6.07, 6.45) is -1.41. The lowest BCUT2D eigenvalue weighted by Crippen LogP contribution is -2.05. The first-order valence-corrected chi connectivity index (χ1v) is 5.50. The zero-order valence-electron chi connectivity index (χ0n) is 10.1. The summed E-state index contributed by atoms with van der Waals surface area (Å²) < 4.78 is 38.8. The molecule has 10 heteroatoms. The molecule has 0 fully saturated rings. The Morgan fingerprint density at radius 3 is 2.70 bits per heavy atom. The van der Waals surface area contributed by atoms with Gasteiger partial charge in [-0.1, -0.05) is 0 Å². The lowest BCUT2D eigenvalue weighted by molar-refractivity contribution is -0.137. The number of nitrogens with one attached hydrogen (secondary N) is 2. The monoisotopic (exact) mass is 283 g/mol. The van der Waals surface area contributed by atoms with Crippen molar-refractivity contribution in [2.24, 2.45) is 0 Å². The molecule has 0 atom stereocenters. The molecule has 0 radical (unpaired) electrons. The molecule has 2 N–H and O–H groups in total. The molecule has 104 valence electrons. The maximum atomic E-state index is 12.6. The highest BCUT2D eigenvalue weighted by Gasteiger charge is 2.32. The molecule has 7 nitrogen and oxygen atoms in total. The standard InChI is InChI=1S/C10H8F3N7/c1-14-9-17-7-6(3-15-19-7)8(18-9)20-4-5(2-16-20)10(11,12)13/h2-4H,1H3,(H2,14,15,17,18,19). The van der Waals surface area contributed by atoms with Crippen LogP contribution in [-0.2, 0) is 6.18 Å². The van der Waals surface area contributed by atoms with Gasteiger partial charge in [0.25, 0.3) is 0 Å². The molecule has 3 aromatic rings. The summed E-state index contributed by atoms with van der Waals surface area (Å²) in [4.78, 5) is 8.20. The Balaban J connectivity index is 2.18. The first-order valence-electron chi connectivity index (χ1n) is 5.50. The summed E-state index contributed by atoms with van der Waals surface area (Å²) in [5, 5.41) is 13.3. The van der Waals surface area contributed by atoms with Gasteiger partial charge in [-0.25, -0.2) is 4.68 Å². The smallest absolute Gasteiger partial charge is 0.357 e. The normalized spacial score (nSPS) is 12.0. The van der Waals surface area contributed by atoms with Crippen molar-refractivity contribution >= 4 is 17.0 Å². The molecule has 3 heterocycles. The van der Waals surface area contributed by atoms with Gasteiger partial charge in [-0.15, -0.1) is 0 Å². The Hall–Kier alpha value is -2.65. The summed E-state index contributed by atoms with van der Waals surface area (Å²) in [6.45, 7) is 0. The number of hydrogen-bond donors (Lipinski definition) is 2. The van der Waals surface area contributed by atoms with Crippen LogP contribution in [-0.4, -0.2) is 37.0 Å². The molecule has 0 saturated carbocycles. The van der Waals surface area contributed by atoms with Gasteiger partial charge in [0.15, 0.2) is 11.5 Å². The highest BCUT2D eigenvalue weighted by Crippen LogP contribution is 2.29. The topological polar surface area (TPSA) is 84.3 Å². The molecule has 3 rings (SSSR count). The van der Waals surface area contributed by atoms with E-state index in [1.807, 2.05) is 0 Å². The van der Waals surface area contributed by atoms with Gasteiger partial charge in [0, 0.05) is 13.2 Å². The lowest BCUT2D eigenvalue weighted by atomic mass is 10.3. The number of nitrogens with zero attached hydrogens (tertiary/aromatic N) is 5. The minimum atomic E-state index is -4.45. The first kappa shape index (κ1) is 12.4. The molecule has 0 aromatic carbocycles. The minimum absolute atomic E-state index is 0.212. The fraction of sp³-hybridized carbons (Fsp3) is 0.200. The van der Waals surface area contributed by atoms with Crippen molar-refractivity contribution in [2.45, 2.75) is 6.18 Å². The first-order chi connectivity index (χ1) is 9.49. The number of aromatic nitrogens is 6. The van der Waals surface area contributed by atoms with E-state index in [9.17, 15) is 13.2 Å². The van der Waals surface area contributed by atoms with Crippen molar-refractivity contribution in [3.63, 3.8) is 0 Å². The zero-order chi connectivity index (χ0) is 14.3. The molecule has 0 amide bonds. The fourth-order valence-electron chi connectivity index (χ4n) is 1.69. The number of fused-ring (bicyclic) bond motifs is 1. The predicted molar refractivity (Wildman–Crippen MR) is 63.4 cm³/mol. The van der Waals surface area contributed by atoms with Gasteiger partial charge in [-0.05, 0) is 0 Å². The van der Waals surface area contributed by atoms with Crippen molar-refractivity contribution in [3.05, 3.63) is 24.2 Å². The van der Waals surface area contributed by atoms with Crippen molar-refractivity contribution in [2.75, 3.05) is 12.4 Å². The number of hydrogen-bond acceptors (Lipinski definition) is 5. The minimum Gasteiger partial charge on any atom is -0.357 e. The van der Waals surface area contributed by atoms with E-state index >= 15 is 0 Å². The highest BCUT2D eigenvalue weighted by atomic mass is 19.4. The Bertz CT molecular complexity index is 758. The summed E-state index contributed by atoms with van der Waals surface area (Å²) in [5.41, 5.74) is -0.442.